The van der Waals surface area contributed by atoms with E-state index in [4.69, 9.17) is 4.42 Å². The van der Waals surface area contributed by atoms with Crippen molar-refractivity contribution in [1.82, 2.24) is 9.55 Å². The van der Waals surface area contributed by atoms with Gasteiger partial charge in [0, 0.05) is 18.8 Å². The van der Waals surface area contributed by atoms with E-state index in [1.807, 2.05) is 22.9 Å². The van der Waals surface area contributed by atoms with Crippen molar-refractivity contribution in [3.63, 3.8) is 0 Å². The van der Waals surface area contributed by atoms with E-state index in [9.17, 15) is 4.79 Å². The average molecular weight is 371 g/mol. The molecule has 5 heteroatoms. The molecule has 1 aliphatic carbocycles. The van der Waals surface area contributed by atoms with Crippen LogP contribution in [0.1, 0.15) is 18.1 Å². The Balaban J connectivity index is 1.54. The van der Waals surface area contributed by atoms with Crippen LogP contribution in [0.2, 0.25) is 0 Å². The number of pyridine rings is 2. The first kappa shape index (κ1) is 16.8. The molecule has 0 fully saturated rings. The molecule has 5 nitrogen and oxygen atoms in total. The van der Waals surface area contributed by atoms with Gasteiger partial charge in [0.05, 0.1) is 28.9 Å². The van der Waals surface area contributed by atoms with E-state index in [2.05, 4.69) is 41.5 Å². The van der Waals surface area contributed by atoms with Crippen molar-refractivity contribution in [2.75, 3.05) is 5.32 Å². The van der Waals surface area contributed by atoms with Crippen LogP contribution in [0, 0.1) is 0 Å². The summed E-state index contributed by atoms with van der Waals surface area (Å²) < 4.78 is 7.52. The van der Waals surface area contributed by atoms with E-state index in [-0.39, 0.29) is 5.43 Å². The van der Waals surface area contributed by atoms with Gasteiger partial charge < -0.3 is 14.3 Å². The molecule has 0 unspecified atom stereocenters. The van der Waals surface area contributed by atoms with Crippen LogP contribution in [0.15, 0.2) is 70.3 Å². The van der Waals surface area contributed by atoms with E-state index >= 15 is 0 Å². The molecular weight excluding hydrogens is 350 g/mol. The Kier molecular flexibility index (Phi) is 4.01. The van der Waals surface area contributed by atoms with Crippen LogP contribution in [0.5, 0.6) is 0 Å². The summed E-state index contributed by atoms with van der Waals surface area (Å²) in [5.41, 5.74) is 4.14. The van der Waals surface area contributed by atoms with E-state index in [0.717, 1.165) is 30.7 Å². The minimum Gasteiger partial charge on any atom is -0.464 e. The average Bonchev–Trinajstić information content (AvgIpc) is 3.38. The molecule has 0 aliphatic heterocycles. The Morgan fingerprint density at radius 3 is 2.64 bits per heavy atom. The van der Waals surface area contributed by atoms with E-state index in [1.165, 1.54) is 11.1 Å². The van der Waals surface area contributed by atoms with Crippen LogP contribution in [0.25, 0.3) is 22.2 Å². The summed E-state index contributed by atoms with van der Waals surface area (Å²) in [4.78, 5) is 17.7. The minimum atomic E-state index is -0.0326. The number of rotatable bonds is 4. The molecule has 3 aromatic heterocycles. The molecular formula is C23H21N3O2. The number of furan rings is 1. The van der Waals surface area contributed by atoms with Gasteiger partial charge in [-0.25, -0.2) is 4.98 Å². The van der Waals surface area contributed by atoms with E-state index < -0.39 is 0 Å². The van der Waals surface area contributed by atoms with Gasteiger partial charge in [0.25, 0.3) is 0 Å². The summed E-state index contributed by atoms with van der Waals surface area (Å²) in [5, 5.41) is 4.17. The molecule has 28 heavy (non-hydrogen) atoms. The molecule has 0 spiro atoms. The monoisotopic (exact) mass is 371 g/mol. The lowest BCUT2D eigenvalue weighted by Gasteiger charge is -2.15. The highest BCUT2D eigenvalue weighted by Gasteiger charge is 2.21. The van der Waals surface area contributed by atoms with Crippen molar-refractivity contribution in [2.24, 2.45) is 0 Å². The number of hydrogen-bond donors (Lipinski definition) is 1. The third kappa shape index (κ3) is 2.80. The smallest absolute Gasteiger partial charge is 0.200 e. The van der Waals surface area contributed by atoms with Gasteiger partial charge in [-0.3, -0.25) is 4.79 Å². The fourth-order valence-electron chi connectivity index (χ4n) is 4.11. The summed E-state index contributed by atoms with van der Waals surface area (Å²) in [5.74, 6) is 1.33. The second-order valence-electron chi connectivity index (χ2n) is 7.24. The predicted molar refractivity (Wildman–Crippen MR) is 111 cm³/mol. The van der Waals surface area contributed by atoms with Crippen molar-refractivity contribution in [2.45, 2.75) is 32.4 Å². The first-order chi connectivity index (χ1) is 13.7. The minimum absolute atomic E-state index is 0.0326. The predicted octanol–water partition coefficient (Wildman–Crippen LogP) is 4.26. The zero-order valence-electron chi connectivity index (χ0n) is 15.7. The highest BCUT2D eigenvalue weighted by molar-refractivity contribution is 5.84. The van der Waals surface area contributed by atoms with Crippen molar-refractivity contribution in [3.8, 4) is 11.3 Å². The Bertz CT molecular complexity index is 1180. The maximum absolute atomic E-state index is 13.1. The third-order valence-electron chi connectivity index (χ3n) is 5.50. The third-order valence-corrected chi connectivity index (χ3v) is 5.50. The van der Waals surface area contributed by atoms with Crippen LogP contribution >= 0.6 is 0 Å². The molecule has 4 aromatic rings. The summed E-state index contributed by atoms with van der Waals surface area (Å²) in [6, 6.07) is 14.3. The Morgan fingerprint density at radius 1 is 1.18 bits per heavy atom. The van der Waals surface area contributed by atoms with Crippen LogP contribution in [-0.4, -0.2) is 15.6 Å². The highest BCUT2D eigenvalue weighted by Crippen LogP contribution is 2.25. The molecule has 0 saturated heterocycles. The molecule has 140 valence electrons. The van der Waals surface area contributed by atoms with Crippen LogP contribution in [-0.2, 0) is 19.4 Å². The van der Waals surface area contributed by atoms with Gasteiger partial charge >= 0.3 is 0 Å². The zero-order chi connectivity index (χ0) is 19.1. The molecule has 1 aromatic carbocycles. The lowest BCUT2D eigenvalue weighted by Crippen LogP contribution is -2.21. The normalized spacial score (nSPS) is 13.8. The molecule has 5 rings (SSSR count). The first-order valence-corrected chi connectivity index (χ1v) is 9.63. The van der Waals surface area contributed by atoms with Crippen molar-refractivity contribution < 1.29 is 4.42 Å². The Labute approximate surface area is 162 Å². The number of fused-ring (bicyclic) bond motifs is 2. The maximum atomic E-state index is 13.1. The fraction of sp³-hybridized carbons (Fsp3) is 0.217. The molecule has 0 radical (unpaired) electrons. The fourth-order valence-corrected chi connectivity index (χ4v) is 4.11. The Hall–Kier alpha value is -3.34. The number of benzene rings is 1. The molecule has 1 N–H and O–H groups in total. The van der Waals surface area contributed by atoms with Crippen molar-refractivity contribution in [3.05, 3.63) is 82.5 Å². The molecule has 0 bridgehead atoms. The summed E-state index contributed by atoms with van der Waals surface area (Å²) in [6.07, 6.45) is 7.18. The van der Waals surface area contributed by atoms with Crippen molar-refractivity contribution >= 4 is 16.7 Å². The lowest BCUT2D eigenvalue weighted by molar-refractivity contribution is 0.581. The lowest BCUT2D eigenvalue weighted by atomic mass is 10.1. The number of aryl methyl sites for hydroxylation is 1. The van der Waals surface area contributed by atoms with E-state index in [1.54, 1.807) is 18.5 Å². The SMILES string of the molecule is CCn1cc(-c2ccco2)c(=O)c2cc(NC3Cc4ccccc4C3)ncc21. The Morgan fingerprint density at radius 2 is 1.96 bits per heavy atom. The number of aromatic nitrogens is 2. The maximum Gasteiger partial charge on any atom is 0.200 e. The highest BCUT2D eigenvalue weighted by atomic mass is 16.3. The number of hydrogen-bond acceptors (Lipinski definition) is 4. The topological polar surface area (TPSA) is 60.1 Å². The molecule has 0 saturated carbocycles. The summed E-state index contributed by atoms with van der Waals surface area (Å²) in [7, 11) is 0. The van der Waals surface area contributed by atoms with Gasteiger partial charge in [0.15, 0.2) is 0 Å². The standard InChI is InChI=1S/C23H21N3O2/c1-2-26-14-19(21-8-5-9-28-21)23(27)18-12-22(24-13-20(18)26)25-17-10-15-6-3-4-7-16(15)11-17/h3-9,12-14,17H,2,10-11H2,1H3,(H,24,25). The number of nitrogens with one attached hydrogen (secondary N) is 1. The molecule has 1 aliphatic rings. The van der Waals surface area contributed by atoms with E-state index in [0.29, 0.717) is 22.8 Å². The first-order valence-electron chi connectivity index (χ1n) is 9.63. The second kappa shape index (κ2) is 6.68. The zero-order valence-corrected chi connectivity index (χ0v) is 15.7. The number of anilines is 1. The van der Waals surface area contributed by atoms with Gasteiger partial charge in [0.1, 0.15) is 11.6 Å². The van der Waals surface area contributed by atoms with Gasteiger partial charge in [-0.1, -0.05) is 24.3 Å². The summed E-state index contributed by atoms with van der Waals surface area (Å²) >= 11 is 0. The molecule has 0 atom stereocenters. The largest absolute Gasteiger partial charge is 0.464 e. The molecule has 3 heterocycles. The van der Waals surface area contributed by atoms with Crippen LogP contribution < -0.4 is 10.7 Å². The summed E-state index contributed by atoms with van der Waals surface area (Å²) in [6.45, 7) is 2.80. The van der Waals surface area contributed by atoms with Gasteiger partial charge in [0.2, 0.25) is 5.43 Å². The van der Waals surface area contributed by atoms with Crippen LogP contribution in [0.3, 0.4) is 0 Å². The number of nitrogens with zero attached hydrogens (tertiary/aromatic N) is 2. The van der Waals surface area contributed by atoms with Gasteiger partial charge in [-0.15, -0.1) is 0 Å². The molecule has 0 amide bonds. The van der Waals surface area contributed by atoms with Gasteiger partial charge in [-0.05, 0) is 49.1 Å². The second-order valence-corrected chi connectivity index (χ2v) is 7.24. The van der Waals surface area contributed by atoms with Gasteiger partial charge in [-0.2, -0.15) is 0 Å². The quantitative estimate of drug-likeness (QED) is 0.582. The van der Waals surface area contributed by atoms with Crippen LogP contribution in [0.4, 0.5) is 5.82 Å². The van der Waals surface area contributed by atoms with Crippen molar-refractivity contribution in [1.29, 1.82) is 0 Å².